The molecule has 4 heteroatoms. The highest BCUT2D eigenvalue weighted by atomic mass is 32.1. The van der Waals surface area contributed by atoms with E-state index in [-0.39, 0.29) is 0 Å². The minimum atomic E-state index is 0.359. The van der Waals surface area contributed by atoms with Crippen molar-refractivity contribution < 1.29 is 4.74 Å². The highest BCUT2D eigenvalue weighted by molar-refractivity contribution is 7.07. The van der Waals surface area contributed by atoms with E-state index in [0.29, 0.717) is 6.04 Å². The van der Waals surface area contributed by atoms with Crippen LogP contribution in [0.25, 0.3) is 0 Å². The Hall–Kier alpha value is -1.39. The van der Waals surface area contributed by atoms with Crippen molar-refractivity contribution in [2.24, 2.45) is 0 Å². The van der Waals surface area contributed by atoms with Gasteiger partial charge in [-0.25, -0.2) is 4.98 Å². The summed E-state index contributed by atoms with van der Waals surface area (Å²) in [6, 6.07) is 8.59. The minimum Gasteiger partial charge on any atom is -0.497 e. The van der Waals surface area contributed by atoms with Crippen molar-refractivity contribution >= 4 is 11.3 Å². The quantitative estimate of drug-likeness (QED) is 0.866. The predicted octanol–water partition coefficient (Wildman–Crippen LogP) is 3.39. The topological polar surface area (TPSA) is 34.2 Å². The smallest absolute Gasteiger partial charge is 0.118 e. The molecule has 2 rings (SSSR count). The fourth-order valence-corrected chi connectivity index (χ4v) is 2.45. The number of hydrogen-bond donors (Lipinski definition) is 1. The molecule has 1 aromatic heterocycles. The van der Waals surface area contributed by atoms with Gasteiger partial charge in [-0.05, 0) is 24.1 Å². The van der Waals surface area contributed by atoms with Gasteiger partial charge < -0.3 is 10.1 Å². The Labute approximate surface area is 112 Å². The standard InChI is InChI=1S/C14H18N2OS/c1-3-14(15-8-12-9-18-10-16-12)11-4-6-13(17-2)7-5-11/h4-7,9-10,14-15H,3,8H2,1-2H3. The van der Waals surface area contributed by atoms with E-state index in [9.17, 15) is 0 Å². The lowest BCUT2D eigenvalue weighted by Gasteiger charge is -2.17. The summed E-state index contributed by atoms with van der Waals surface area (Å²) in [5.41, 5.74) is 4.26. The molecule has 3 nitrogen and oxygen atoms in total. The number of rotatable bonds is 6. The van der Waals surface area contributed by atoms with Crippen molar-refractivity contribution in [3.63, 3.8) is 0 Å². The lowest BCUT2D eigenvalue weighted by Crippen LogP contribution is -2.20. The number of methoxy groups -OCH3 is 1. The van der Waals surface area contributed by atoms with E-state index in [1.54, 1.807) is 18.4 Å². The van der Waals surface area contributed by atoms with Crippen LogP contribution in [-0.4, -0.2) is 12.1 Å². The average Bonchev–Trinajstić information content (AvgIpc) is 2.93. The lowest BCUT2D eigenvalue weighted by molar-refractivity contribution is 0.414. The van der Waals surface area contributed by atoms with Gasteiger partial charge in [-0.2, -0.15) is 0 Å². The molecule has 0 saturated carbocycles. The number of nitrogens with one attached hydrogen (secondary N) is 1. The van der Waals surface area contributed by atoms with Crippen LogP contribution >= 0.6 is 11.3 Å². The zero-order chi connectivity index (χ0) is 12.8. The van der Waals surface area contributed by atoms with Gasteiger partial charge in [0.2, 0.25) is 0 Å². The van der Waals surface area contributed by atoms with E-state index < -0.39 is 0 Å². The van der Waals surface area contributed by atoms with Crippen LogP contribution in [0.5, 0.6) is 5.75 Å². The van der Waals surface area contributed by atoms with Gasteiger partial charge in [0.15, 0.2) is 0 Å². The largest absolute Gasteiger partial charge is 0.497 e. The van der Waals surface area contributed by atoms with Gasteiger partial charge in [0, 0.05) is 18.0 Å². The van der Waals surface area contributed by atoms with Crippen LogP contribution in [0, 0.1) is 0 Å². The predicted molar refractivity (Wildman–Crippen MR) is 75.0 cm³/mol. The number of hydrogen-bond acceptors (Lipinski definition) is 4. The molecular formula is C14H18N2OS. The summed E-state index contributed by atoms with van der Waals surface area (Å²) in [6.45, 7) is 3.00. The van der Waals surface area contributed by atoms with Crippen LogP contribution in [0.3, 0.4) is 0 Å². The summed E-state index contributed by atoms with van der Waals surface area (Å²) < 4.78 is 5.17. The van der Waals surface area contributed by atoms with Crippen molar-refractivity contribution in [1.82, 2.24) is 10.3 Å². The highest BCUT2D eigenvalue weighted by Crippen LogP contribution is 2.20. The van der Waals surface area contributed by atoms with Crippen molar-refractivity contribution in [2.45, 2.75) is 25.9 Å². The second-order valence-corrected chi connectivity index (χ2v) is 4.81. The molecule has 1 heterocycles. The first-order chi connectivity index (χ1) is 8.83. The van der Waals surface area contributed by atoms with Crippen molar-refractivity contribution in [3.05, 3.63) is 46.4 Å². The summed E-state index contributed by atoms with van der Waals surface area (Å²) in [5.74, 6) is 0.896. The third-order valence-electron chi connectivity index (χ3n) is 2.94. The number of thiazole rings is 1. The second kappa shape index (κ2) is 6.52. The maximum atomic E-state index is 5.17. The maximum Gasteiger partial charge on any atom is 0.118 e. The van der Waals surface area contributed by atoms with E-state index in [0.717, 1.165) is 24.4 Å². The molecule has 0 aliphatic rings. The maximum absolute atomic E-state index is 5.17. The van der Waals surface area contributed by atoms with Gasteiger partial charge in [0.25, 0.3) is 0 Å². The van der Waals surface area contributed by atoms with E-state index in [4.69, 9.17) is 4.74 Å². The molecule has 0 saturated heterocycles. The first-order valence-corrected chi connectivity index (χ1v) is 7.02. The second-order valence-electron chi connectivity index (χ2n) is 4.09. The molecule has 1 aromatic carbocycles. The Kier molecular flexibility index (Phi) is 4.73. The van der Waals surface area contributed by atoms with Crippen LogP contribution in [0.15, 0.2) is 35.2 Å². The first-order valence-electron chi connectivity index (χ1n) is 6.08. The molecule has 0 aliphatic heterocycles. The molecule has 96 valence electrons. The minimum absolute atomic E-state index is 0.359. The molecule has 1 unspecified atom stereocenters. The molecule has 0 bridgehead atoms. The summed E-state index contributed by atoms with van der Waals surface area (Å²) in [5, 5.41) is 5.61. The van der Waals surface area contributed by atoms with Gasteiger partial charge >= 0.3 is 0 Å². The first kappa shape index (κ1) is 13.1. The Balaban J connectivity index is 1.98. The molecule has 2 aromatic rings. The fourth-order valence-electron chi connectivity index (χ4n) is 1.89. The summed E-state index contributed by atoms with van der Waals surface area (Å²) in [6.07, 6.45) is 1.05. The Morgan fingerprint density at radius 1 is 1.33 bits per heavy atom. The van der Waals surface area contributed by atoms with E-state index in [1.165, 1.54) is 5.56 Å². The third-order valence-corrected chi connectivity index (χ3v) is 3.57. The molecular weight excluding hydrogens is 244 g/mol. The summed E-state index contributed by atoms with van der Waals surface area (Å²) in [7, 11) is 1.69. The van der Waals surface area contributed by atoms with Crippen LogP contribution < -0.4 is 10.1 Å². The molecule has 0 amide bonds. The lowest BCUT2D eigenvalue weighted by atomic mass is 10.0. The number of aromatic nitrogens is 1. The van der Waals surface area contributed by atoms with Crippen molar-refractivity contribution in [3.8, 4) is 5.75 Å². The zero-order valence-corrected chi connectivity index (χ0v) is 11.5. The van der Waals surface area contributed by atoms with Crippen LogP contribution in [0.4, 0.5) is 0 Å². The van der Waals surface area contributed by atoms with E-state index in [2.05, 4.69) is 34.7 Å². The van der Waals surface area contributed by atoms with E-state index in [1.807, 2.05) is 17.6 Å². The van der Waals surface area contributed by atoms with Crippen LogP contribution in [0.1, 0.15) is 30.6 Å². The number of nitrogens with zero attached hydrogens (tertiary/aromatic N) is 1. The normalized spacial score (nSPS) is 12.3. The Morgan fingerprint density at radius 3 is 2.67 bits per heavy atom. The van der Waals surface area contributed by atoms with Crippen molar-refractivity contribution in [1.29, 1.82) is 0 Å². The summed E-state index contributed by atoms with van der Waals surface area (Å²) in [4.78, 5) is 4.28. The van der Waals surface area contributed by atoms with Crippen LogP contribution in [-0.2, 0) is 6.54 Å². The molecule has 0 fully saturated rings. The molecule has 18 heavy (non-hydrogen) atoms. The van der Waals surface area contributed by atoms with Gasteiger partial charge in [0.05, 0.1) is 18.3 Å². The number of benzene rings is 1. The van der Waals surface area contributed by atoms with E-state index >= 15 is 0 Å². The van der Waals surface area contributed by atoms with Crippen LogP contribution in [0.2, 0.25) is 0 Å². The SMILES string of the molecule is CCC(NCc1cscn1)c1ccc(OC)cc1. The summed E-state index contributed by atoms with van der Waals surface area (Å²) >= 11 is 1.63. The molecule has 0 spiro atoms. The zero-order valence-electron chi connectivity index (χ0n) is 10.7. The molecule has 0 radical (unpaired) electrons. The monoisotopic (exact) mass is 262 g/mol. The average molecular weight is 262 g/mol. The van der Waals surface area contributed by atoms with Crippen molar-refractivity contribution in [2.75, 3.05) is 7.11 Å². The molecule has 0 aliphatic carbocycles. The highest BCUT2D eigenvalue weighted by Gasteiger charge is 2.09. The van der Waals surface area contributed by atoms with Gasteiger partial charge in [0.1, 0.15) is 5.75 Å². The van der Waals surface area contributed by atoms with Gasteiger partial charge in [-0.15, -0.1) is 11.3 Å². The molecule has 1 N–H and O–H groups in total. The van der Waals surface area contributed by atoms with Gasteiger partial charge in [-0.3, -0.25) is 0 Å². The van der Waals surface area contributed by atoms with Gasteiger partial charge in [-0.1, -0.05) is 19.1 Å². The fraction of sp³-hybridized carbons (Fsp3) is 0.357. The Bertz CT molecular complexity index is 453. The number of ether oxygens (including phenoxy) is 1. The third kappa shape index (κ3) is 3.31. The molecule has 1 atom stereocenters. The Morgan fingerprint density at radius 2 is 2.11 bits per heavy atom.